The maximum absolute atomic E-state index is 10.8. The average molecular weight is 726 g/mol. The highest BCUT2D eigenvalue weighted by molar-refractivity contribution is 7.26. The normalized spacial score (nSPS) is 11.6. The largest absolute Gasteiger partial charge is 0.509 e. The summed E-state index contributed by atoms with van der Waals surface area (Å²) in [7, 11) is 19.0. The minimum Gasteiger partial charge on any atom is -0.509 e. The Kier molecular flexibility index (Phi) is 8.13. The first-order chi connectivity index (χ1) is 27.4. The Morgan fingerprint density at radius 1 is 0.321 bits per heavy atom. The van der Waals surface area contributed by atoms with Gasteiger partial charge in [-0.3, -0.25) is 0 Å². The highest BCUT2D eigenvalue weighted by Gasteiger charge is 2.23. The molecule has 6 heteroatoms. The van der Waals surface area contributed by atoms with E-state index in [4.69, 9.17) is 23.5 Å². The van der Waals surface area contributed by atoms with Crippen LogP contribution in [0.1, 0.15) is 0 Å². The second-order valence-electron chi connectivity index (χ2n) is 14.1. The molecule has 0 aliphatic heterocycles. The molecular weight excluding hydrogens is 697 g/mol. The Balaban J connectivity index is 1.17. The van der Waals surface area contributed by atoms with E-state index < -0.39 is 0 Å². The summed E-state index contributed by atoms with van der Waals surface area (Å²) in [6.07, 6.45) is 0. The molecule has 10 rings (SSSR count). The molecule has 56 heavy (non-hydrogen) atoms. The Labute approximate surface area is 332 Å². The van der Waals surface area contributed by atoms with Gasteiger partial charge in [0.1, 0.15) is 35.0 Å². The van der Waals surface area contributed by atoms with E-state index in [9.17, 15) is 10.2 Å². The fraction of sp³-hybridized carbons (Fsp3) is 0. The molecule has 0 spiro atoms. The number of fused-ring (bicyclic) bond motifs is 5. The number of phenolic OH excluding ortho intramolecular Hbond substituents is 2. The molecule has 0 atom stereocenters. The van der Waals surface area contributed by atoms with Crippen LogP contribution in [0.2, 0.25) is 0 Å². The molecule has 6 radical (unpaired) electrons. The van der Waals surface area contributed by atoms with Gasteiger partial charge in [0.25, 0.3) is 0 Å². The monoisotopic (exact) mass is 726 g/mol. The Morgan fingerprint density at radius 3 is 1.36 bits per heavy atom. The maximum Gasteiger partial charge on any atom is 0.124 e. The number of hydrogen-bond donors (Lipinski definition) is 2. The number of aromatic hydroxyl groups is 2. The summed E-state index contributed by atoms with van der Waals surface area (Å²) in [6, 6.07) is 57.6. The number of thiophene rings is 1. The number of benzene rings is 9. The van der Waals surface area contributed by atoms with Gasteiger partial charge in [-0.05, 0) is 106 Å². The van der Waals surface area contributed by atoms with E-state index >= 15 is 0 Å². The van der Waals surface area contributed by atoms with Crippen molar-refractivity contribution in [1.29, 1.82) is 0 Å². The van der Waals surface area contributed by atoms with Gasteiger partial charge in [0.05, 0.1) is 0 Å². The van der Waals surface area contributed by atoms with Crippen LogP contribution in [-0.2, 0) is 0 Å². The van der Waals surface area contributed by atoms with Gasteiger partial charge in [-0.25, -0.2) is 0 Å². The molecule has 0 aliphatic carbocycles. The summed E-state index contributed by atoms with van der Waals surface area (Å²) in [4.78, 5) is 0. The summed E-state index contributed by atoms with van der Waals surface area (Å²) in [5.41, 5.74) is 10.0. The minimum absolute atomic E-state index is 0.0195. The molecule has 10 aromatic rings. The SMILES string of the molecule is [B]c1c(O)c([B])c(-c2c3ccccc3c(-c3ccc(-c4ccc5sc6ccccc6c5c4-c4ccc(-c5ccccc5)cc4)cc3)c3ccccc23)c([B])c1O. The van der Waals surface area contributed by atoms with Crippen molar-refractivity contribution in [3.05, 3.63) is 164 Å². The molecule has 0 aliphatic rings. The topological polar surface area (TPSA) is 40.5 Å². The average Bonchev–Trinajstić information content (AvgIpc) is 3.64. The fourth-order valence-corrected chi connectivity index (χ4v) is 9.51. The summed E-state index contributed by atoms with van der Waals surface area (Å²) in [6.45, 7) is 0. The lowest BCUT2D eigenvalue weighted by molar-refractivity contribution is 0.464. The van der Waals surface area contributed by atoms with Gasteiger partial charge in [-0.2, -0.15) is 0 Å². The van der Waals surface area contributed by atoms with E-state index in [2.05, 4.69) is 121 Å². The molecule has 256 valence electrons. The van der Waals surface area contributed by atoms with Crippen LogP contribution in [-0.4, -0.2) is 33.8 Å². The standard InChI is InChI=1S/C50H29B3O2S/c51-46-45(47(52)50(55)48(53)49(46)54)43-36-14-6-4-12-34(36)41(35-13-5-7-15-37(35)43)31-24-20-30(21-25-31)33-26-27-40-44(38-16-8-9-17-39(38)56-40)42(33)32-22-18-29(19-23-32)28-10-2-1-3-11-28/h1-27,54-55H. The smallest absolute Gasteiger partial charge is 0.124 e. The number of rotatable bonds is 5. The molecule has 0 fully saturated rings. The first-order valence-corrected chi connectivity index (χ1v) is 19.2. The van der Waals surface area contributed by atoms with Gasteiger partial charge >= 0.3 is 0 Å². The van der Waals surface area contributed by atoms with E-state index in [1.807, 2.05) is 53.8 Å². The lowest BCUT2D eigenvalue weighted by Crippen LogP contribution is -2.28. The van der Waals surface area contributed by atoms with Crippen molar-refractivity contribution in [1.82, 2.24) is 0 Å². The van der Waals surface area contributed by atoms with Crippen LogP contribution in [0.15, 0.2) is 164 Å². The Bertz CT molecular complexity index is 3080. The van der Waals surface area contributed by atoms with Crippen LogP contribution in [0.4, 0.5) is 0 Å². The van der Waals surface area contributed by atoms with E-state index in [-0.39, 0.29) is 27.9 Å². The van der Waals surface area contributed by atoms with E-state index in [0.717, 1.165) is 43.8 Å². The third-order valence-electron chi connectivity index (χ3n) is 11.0. The second kappa shape index (κ2) is 13.4. The third kappa shape index (κ3) is 5.28. The first-order valence-electron chi connectivity index (χ1n) is 18.4. The van der Waals surface area contributed by atoms with Crippen molar-refractivity contribution in [2.24, 2.45) is 0 Å². The van der Waals surface area contributed by atoms with E-state index in [1.165, 1.54) is 48.0 Å². The van der Waals surface area contributed by atoms with Gasteiger partial charge < -0.3 is 10.2 Å². The van der Waals surface area contributed by atoms with Crippen molar-refractivity contribution in [2.45, 2.75) is 0 Å². The lowest BCUT2D eigenvalue weighted by atomic mass is 9.70. The lowest BCUT2D eigenvalue weighted by Gasteiger charge is -2.23. The maximum atomic E-state index is 10.8. The molecule has 1 aromatic heterocycles. The van der Waals surface area contributed by atoms with Gasteiger partial charge in [-0.15, -0.1) is 11.3 Å². The van der Waals surface area contributed by atoms with Crippen LogP contribution in [0, 0.1) is 0 Å². The highest BCUT2D eigenvalue weighted by atomic mass is 32.1. The van der Waals surface area contributed by atoms with Crippen molar-refractivity contribution in [3.63, 3.8) is 0 Å². The quantitative estimate of drug-likeness (QED) is 0.137. The third-order valence-corrected chi connectivity index (χ3v) is 12.2. The van der Waals surface area contributed by atoms with Crippen molar-refractivity contribution >= 4 is 93.0 Å². The van der Waals surface area contributed by atoms with Gasteiger partial charge in [0, 0.05) is 20.2 Å². The van der Waals surface area contributed by atoms with Crippen LogP contribution >= 0.6 is 11.3 Å². The minimum atomic E-state index is -0.389. The highest BCUT2D eigenvalue weighted by Crippen LogP contribution is 2.47. The van der Waals surface area contributed by atoms with Crippen molar-refractivity contribution in [3.8, 4) is 67.1 Å². The molecule has 2 N–H and O–H groups in total. The van der Waals surface area contributed by atoms with Gasteiger partial charge in [0.2, 0.25) is 0 Å². The molecule has 0 saturated heterocycles. The summed E-state index contributed by atoms with van der Waals surface area (Å²) < 4.78 is 2.53. The molecule has 1 heterocycles. The van der Waals surface area contributed by atoms with Crippen LogP contribution in [0.25, 0.3) is 97.4 Å². The predicted molar refractivity (Wildman–Crippen MR) is 241 cm³/mol. The zero-order valence-electron chi connectivity index (χ0n) is 30.1. The molecule has 0 unspecified atom stereocenters. The zero-order valence-corrected chi connectivity index (χ0v) is 30.9. The summed E-state index contributed by atoms with van der Waals surface area (Å²) in [5.74, 6) is -0.778. The number of hydrogen-bond acceptors (Lipinski definition) is 3. The van der Waals surface area contributed by atoms with Crippen molar-refractivity contribution in [2.75, 3.05) is 0 Å². The van der Waals surface area contributed by atoms with Gasteiger partial charge in [0.15, 0.2) is 0 Å². The van der Waals surface area contributed by atoms with Crippen LogP contribution in [0.3, 0.4) is 0 Å². The molecular formula is C50H29B3O2S. The van der Waals surface area contributed by atoms with Crippen LogP contribution in [0.5, 0.6) is 11.5 Å². The van der Waals surface area contributed by atoms with Gasteiger partial charge in [-0.1, -0.05) is 152 Å². The molecule has 0 bridgehead atoms. The van der Waals surface area contributed by atoms with Crippen molar-refractivity contribution < 1.29 is 10.2 Å². The fourth-order valence-electron chi connectivity index (χ4n) is 8.40. The first kappa shape index (κ1) is 34.0. The molecule has 9 aromatic carbocycles. The molecule has 2 nitrogen and oxygen atoms in total. The summed E-state index contributed by atoms with van der Waals surface area (Å²) >= 11 is 1.83. The molecule has 0 saturated carbocycles. The van der Waals surface area contributed by atoms with E-state index in [1.54, 1.807) is 0 Å². The summed E-state index contributed by atoms with van der Waals surface area (Å²) in [5, 5.41) is 27.9. The Hall–Kier alpha value is -6.49. The Morgan fingerprint density at radius 2 is 0.768 bits per heavy atom. The zero-order chi connectivity index (χ0) is 38.1. The predicted octanol–water partition coefficient (Wildman–Crippen LogP) is 10.5. The second-order valence-corrected chi connectivity index (χ2v) is 15.2. The van der Waals surface area contributed by atoms with Crippen LogP contribution < -0.4 is 16.4 Å². The molecule has 0 amide bonds. The van der Waals surface area contributed by atoms with E-state index in [0.29, 0.717) is 5.56 Å². The number of phenols is 2.